The highest BCUT2D eigenvalue weighted by molar-refractivity contribution is 5.91. The van der Waals surface area contributed by atoms with Gasteiger partial charge in [-0.1, -0.05) is 17.3 Å². The minimum atomic E-state index is -0.599. The van der Waals surface area contributed by atoms with Crippen molar-refractivity contribution in [2.24, 2.45) is 11.7 Å². The number of primary amides is 1. The van der Waals surface area contributed by atoms with Gasteiger partial charge in [0.2, 0.25) is 11.7 Å². The zero-order chi connectivity index (χ0) is 16.1. The van der Waals surface area contributed by atoms with E-state index in [0.29, 0.717) is 12.1 Å². The van der Waals surface area contributed by atoms with E-state index in [-0.39, 0.29) is 18.1 Å². The Bertz CT molecular complexity index is 667. The smallest absolute Gasteiger partial charge is 0.289 e. The molecule has 0 spiro atoms. The molecule has 0 aliphatic heterocycles. The number of amides is 2. The highest BCUT2D eigenvalue weighted by Crippen LogP contribution is 2.10. The fraction of sp³-hybridized carbons (Fsp3) is 0.267. The van der Waals surface area contributed by atoms with Gasteiger partial charge in [0.05, 0.1) is 11.6 Å². The molecule has 0 radical (unpaired) electrons. The lowest BCUT2D eigenvalue weighted by Crippen LogP contribution is -2.37. The molecule has 2 rings (SSSR count). The first-order valence-electron chi connectivity index (χ1n) is 6.71. The normalized spacial score (nSPS) is 11.9. The molecule has 0 saturated carbocycles. The average molecular weight is 305 g/mol. The summed E-state index contributed by atoms with van der Waals surface area (Å²) in [6.07, 6.45) is 0.311. The third-order valence-electron chi connectivity index (χ3n) is 3.16. The molecule has 0 unspecified atom stereocenters. The Balaban J connectivity index is 1.95. The molecular formula is C15H16FN3O3. The number of nitrogens with zero attached hydrogens (tertiary/aromatic N) is 1. The van der Waals surface area contributed by atoms with Crippen LogP contribution in [0.1, 0.15) is 21.8 Å². The molecule has 0 aliphatic rings. The first-order chi connectivity index (χ1) is 10.5. The van der Waals surface area contributed by atoms with Gasteiger partial charge in [-0.15, -0.1) is 0 Å². The molecule has 7 heteroatoms. The maximum Gasteiger partial charge on any atom is 0.289 e. The van der Waals surface area contributed by atoms with Crippen LogP contribution in [-0.2, 0) is 11.2 Å². The summed E-state index contributed by atoms with van der Waals surface area (Å²) < 4.78 is 17.7. The maximum absolute atomic E-state index is 12.9. The van der Waals surface area contributed by atoms with Crippen LogP contribution in [0.4, 0.5) is 4.39 Å². The number of rotatable bonds is 6. The van der Waals surface area contributed by atoms with E-state index in [1.807, 2.05) is 0 Å². The van der Waals surface area contributed by atoms with Crippen molar-refractivity contribution in [3.8, 4) is 0 Å². The molecule has 6 nitrogen and oxygen atoms in total. The lowest BCUT2D eigenvalue weighted by molar-refractivity contribution is -0.121. The number of hydrogen-bond donors (Lipinski definition) is 2. The van der Waals surface area contributed by atoms with Crippen LogP contribution < -0.4 is 11.1 Å². The highest BCUT2D eigenvalue weighted by Gasteiger charge is 2.19. The topological polar surface area (TPSA) is 98.2 Å². The Morgan fingerprint density at radius 1 is 1.36 bits per heavy atom. The lowest BCUT2D eigenvalue weighted by atomic mass is 9.98. The average Bonchev–Trinajstić information content (AvgIpc) is 2.91. The van der Waals surface area contributed by atoms with Gasteiger partial charge in [-0.3, -0.25) is 9.59 Å². The van der Waals surface area contributed by atoms with Crippen molar-refractivity contribution in [2.45, 2.75) is 13.3 Å². The number of carbonyl (C=O) groups excluding carboxylic acids is 2. The van der Waals surface area contributed by atoms with Crippen molar-refractivity contribution in [3.63, 3.8) is 0 Å². The molecule has 2 aromatic rings. The van der Waals surface area contributed by atoms with Crippen LogP contribution in [-0.4, -0.2) is 23.5 Å². The number of hydrogen-bond acceptors (Lipinski definition) is 4. The standard InChI is InChI=1S/C15H16FN3O3/c1-9-6-13(22-19-9)15(21)18-8-11(14(17)20)7-10-2-4-12(16)5-3-10/h2-6,11H,7-8H2,1H3,(H2,17,20)(H,18,21)/t11-/m1/s1. The van der Waals surface area contributed by atoms with E-state index in [9.17, 15) is 14.0 Å². The van der Waals surface area contributed by atoms with Crippen molar-refractivity contribution in [1.29, 1.82) is 0 Å². The molecule has 2 amide bonds. The van der Waals surface area contributed by atoms with Crippen LogP contribution in [0.2, 0.25) is 0 Å². The zero-order valence-corrected chi connectivity index (χ0v) is 12.0. The largest absolute Gasteiger partial charge is 0.369 e. The third kappa shape index (κ3) is 4.15. The summed E-state index contributed by atoms with van der Waals surface area (Å²) in [7, 11) is 0. The van der Waals surface area contributed by atoms with E-state index < -0.39 is 17.7 Å². The zero-order valence-electron chi connectivity index (χ0n) is 12.0. The second kappa shape index (κ2) is 6.84. The molecule has 116 valence electrons. The number of benzene rings is 1. The van der Waals surface area contributed by atoms with Crippen LogP contribution >= 0.6 is 0 Å². The fourth-order valence-corrected chi connectivity index (χ4v) is 1.95. The minimum absolute atomic E-state index is 0.0608. The number of nitrogens with one attached hydrogen (secondary N) is 1. The Labute approximate surface area is 126 Å². The predicted molar refractivity (Wildman–Crippen MR) is 76.4 cm³/mol. The molecule has 1 heterocycles. The summed E-state index contributed by atoms with van der Waals surface area (Å²) in [6, 6.07) is 7.26. The Hall–Kier alpha value is -2.70. The Morgan fingerprint density at radius 2 is 2.05 bits per heavy atom. The number of aryl methyl sites for hydroxylation is 1. The second-order valence-corrected chi connectivity index (χ2v) is 4.97. The van der Waals surface area contributed by atoms with E-state index in [1.54, 1.807) is 19.1 Å². The molecule has 0 saturated heterocycles. The van der Waals surface area contributed by atoms with Crippen LogP contribution in [0, 0.1) is 18.7 Å². The number of carbonyl (C=O) groups is 2. The summed E-state index contributed by atoms with van der Waals surface area (Å²) in [4.78, 5) is 23.3. The van der Waals surface area contributed by atoms with E-state index >= 15 is 0 Å². The predicted octanol–water partition coefficient (Wildman–Crippen LogP) is 1.20. The minimum Gasteiger partial charge on any atom is -0.369 e. The summed E-state index contributed by atoms with van der Waals surface area (Å²) >= 11 is 0. The molecule has 0 fully saturated rings. The third-order valence-corrected chi connectivity index (χ3v) is 3.16. The molecular weight excluding hydrogens is 289 g/mol. The molecule has 22 heavy (non-hydrogen) atoms. The van der Waals surface area contributed by atoms with Gasteiger partial charge in [-0.25, -0.2) is 4.39 Å². The van der Waals surface area contributed by atoms with E-state index in [0.717, 1.165) is 5.56 Å². The SMILES string of the molecule is Cc1cc(C(=O)NC[C@@H](Cc2ccc(F)cc2)C(N)=O)on1. The number of nitrogens with two attached hydrogens (primary N) is 1. The lowest BCUT2D eigenvalue weighted by Gasteiger charge is -2.13. The molecule has 3 N–H and O–H groups in total. The van der Waals surface area contributed by atoms with Gasteiger partial charge < -0.3 is 15.6 Å². The van der Waals surface area contributed by atoms with Crippen LogP contribution in [0.15, 0.2) is 34.9 Å². The van der Waals surface area contributed by atoms with Gasteiger partial charge in [-0.05, 0) is 31.0 Å². The van der Waals surface area contributed by atoms with Gasteiger partial charge in [0.25, 0.3) is 5.91 Å². The van der Waals surface area contributed by atoms with E-state index in [4.69, 9.17) is 10.3 Å². The first-order valence-corrected chi connectivity index (χ1v) is 6.71. The van der Waals surface area contributed by atoms with Gasteiger partial charge in [0, 0.05) is 12.6 Å². The molecule has 0 bridgehead atoms. The van der Waals surface area contributed by atoms with E-state index in [2.05, 4.69) is 10.5 Å². The highest BCUT2D eigenvalue weighted by atomic mass is 19.1. The van der Waals surface area contributed by atoms with Gasteiger partial charge in [-0.2, -0.15) is 0 Å². The van der Waals surface area contributed by atoms with Crippen molar-refractivity contribution >= 4 is 11.8 Å². The van der Waals surface area contributed by atoms with Crippen LogP contribution in [0.5, 0.6) is 0 Å². The van der Waals surface area contributed by atoms with E-state index in [1.165, 1.54) is 18.2 Å². The van der Waals surface area contributed by atoms with Gasteiger partial charge in [0.15, 0.2) is 0 Å². The van der Waals surface area contributed by atoms with Gasteiger partial charge >= 0.3 is 0 Å². The summed E-state index contributed by atoms with van der Waals surface area (Å²) in [6.45, 7) is 1.76. The van der Waals surface area contributed by atoms with Gasteiger partial charge in [0.1, 0.15) is 5.82 Å². The maximum atomic E-state index is 12.9. The Morgan fingerprint density at radius 3 is 2.59 bits per heavy atom. The molecule has 0 aliphatic carbocycles. The first kappa shape index (κ1) is 15.7. The number of halogens is 1. The summed E-state index contributed by atoms with van der Waals surface area (Å²) in [5, 5.41) is 6.19. The number of aromatic nitrogens is 1. The van der Waals surface area contributed by atoms with Crippen LogP contribution in [0.25, 0.3) is 0 Å². The Kier molecular flexibility index (Phi) is 4.88. The monoisotopic (exact) mass is 305 g/mol. The fourth-order valence-electron chi connectivity index (χ4n) is 1.95. The second-order valence-electron chi connectivity index (χ2n) is 4.97. The van der Waals surface area contributed by atoms with Crippen molar-refractivity contribution < 1.29 is 18.5 Å². The van der Waals surface area contributed by atoms with Crippen molar-refractivity contribution in [3.05, 3.63) is 53.2 Å². The molecule has 1 aromatic carbocycles. The summed E-state index contributed by atoms with van der Waals surface area (Å²) in [5.74, 6) is -1.89. The van der Waals surface area contributed by atoms with Crippen molar-refractivity contribution in [1.82, 2.24) is 10.5 Å². The quantitative estimate of drug-likeness (QED) is 0.837. The molecule has 1 aromatic heterocycles. The molecule has 1 atom stereocenters. The van der Waals surface area contributed by atoms with Crippen LogP contribution in [0.3, 0.4) is 0 Å². The van der Waals surface area contributed by atoms with Crippen molar-refractivity contribution in [2.75, 3.05) is 6.54 Å². The summed E-state index contributed by atoms with van der Waals surface area (Å²) in [5.41, 5.74) is 6.69.